The summed E-state index contributed by atoms with van der Waals surface area (Å²) in [7, 11) is -2.36. The fourth-order valence-corrected chi connectivity index (χ4v) is 5.16. The molecule has 2 aliphatic heterocycles. The van der Waals surface area contributed by atoms with Crippen molar-refractivity contribution in [3.8, 4) is 5.75 Å². The second-order valence-corrected chi connectivity index (χ2v) is 9.72. The summed E-state index contributed by atoms with van der Waals surface area (Å²) < 4.78 is 52.5. The Balaban J connectivity index is 1.57. The second kappa shape index (κ2) is 8.99. The number of carbonyl (C=O) groups is 2. The van der Waals surface area contributed by atoms with Gasteiger partial charge < -0.3 is 19.5 Å². The van der Waals surface area contributed by atoms with Gasteiger partial charge in [-0.3, -0.25) is 14.3 Å². The predicted molar refractivity (Wildman–Crippen MR) is 115 cm³/mol. The first-order valence-electron chi connectivity index (χ1n) is 10.3. The van der Waals surface area contributed by atoms with E-state index in [2.05, 4.69) is 4.72 Å². The predicted octanol–water partition coefficient (Wildman–Crippen LogP) is 2.48. The van der Waals surface area contributed by atoms with Gasteiger partial charge in [0, 0.05) is 12.7 Å². The lowest BCUT2D eigenvalue weighted by Crippen LogP contribution is -2.53. The maximum atomic E-state index is 13.2. The van der Waals surface area contributed by atoms with Crippen molar-refractivity contribution >= 4 is 27.6 Å². The highest BCUT2D eigenvalue weighted by molar-refractivity contribution is 7.92. The number of fused-ring (bicyclic) bond motifs is 2. The Bertz CT molecular complexity index is 1170. The Morgan fingerprint density at radius 3 is 2.64 bits per heavy atom. The third-order valence-electron chi connectivity index (χ3n) is 5.79. The second-order valence-electron chi connectivity index (χ2n) is 8.04. The highest BCUT2D eigenvalue weighted by Crippen LogP contribution is 2.33. The van der Waals surface area contributed by atoms with E-state index < -0.39 is 34.0 Å². The number of sulfonamides is 1. The third kappa shape index (κ3) is 4.93. The number of amides is 1. The molecular weight excluding hydrogens is 455 g/mol. The van der Waals surface area contributed by atoms with E-state index in [9.17, 15) is 22.4 Å². The Labute approximate surface area is 190 Å². The van der Waals surface area contributed by atoms with Crippen LogP contribution in [-0.2, 0) is 19.6 Å². The summed E-state index contributed by atoms with van der Waals surface area (Å²) in [5, 5.41) is 9.04. The van der Waals surface area contributed by atoms with Crippen LogP contribution in [0.4, 0.5) is 10.1 Å². The van der Waals surface area contributed by atoms with Crippen LogP contribution in [0.15, 0.2) is 47.4 Å². The van der Waals surface area contributed by atoms with Gasteiger partial charge >= 0.3 is 5.97 Å². The summed E-state index contributed by atoms with van der Waals surface area (Å²) in [6.07, 6.45) is 0.00473. The molecule has 0 aliphatic carbocycles. The van der Waals surface area contributed by atoms with E-state index in [0.717, 1.165) is 24.3 Å². The Hall–Kier alpha value is -3.18. The maximum Gasteiger partial charge on any atom is 0.305 e. The van der Waals surface area contributed by atoms with Crippen molar-refractivity contribution in [3.05, 3.63) is 53.8 Å². The minimum Gasteiger partial charge on any atom is -0.490 e. The molecule has 176 valence electrons. The average Bonchev–Trinajstić information content (AvgIpc) is 2.76. The number of rotatable bonds is 5. The summed E-state index contributed by atoms with van der Waals surface area (Å²) >= 11 is 0. The van der Waals surface area contributed by atoms with E-state index in [-0.39, 0.29) is 46.9 Å². The number of carbonyl (C=O) groups excluding carboxylic acids is 1. The molecular formula is C22H23FN2O7S. The van der Waals surface area contributed by atoms with Gasteiger partial charge in [0.1, 0.15) is 24.3 Å². The number of carboxylic acid groups (broad SMARTS) is 1. The standard InChI is InChI=1S/C22H23FN2O7S/c1-25-18-8-5-15(11-21(26)27)32-20(18)12-31-19-9-4-14(10-17(19)22(25)28)24-33(29,30)16-6-2-13(23)3-7-16/h2-4,6-7,9-10,15,18,20,24H,5,8,11-12H2,1H3,(H,26,27)/t15-,18-,20+/m0/s1. The van der Waals surface area contributed by atoms with Crippen LogP contribution in [0.1, 0.15) is 29.6 Å². The van der Waals surface area contributed by atoms with E-state index in [0.29, 0.717) is 12.8 Å². The molecule has 1 saturated heterocycles. The number of nitrogens with one attached hydrogen (secondary N) is 1. The van der Waals surface area contributed by atoms with Crippen LogP contribution in [0.3, 0.4) is 0 Å². The fraction of sp³-hybridized carbons (Fsp3) is 0.364. The van der Waals surface area contributed by atoms with E-state index in [1.165, 1.54) is 23.1 Å². The molecule has 2 aromatic carbocycles. The quantitative estimate of drug-likeness (QED) is 0.677. The van der Waals surface area contributed by atoms with Crippen molar-refractivity contribution in [2.75, 3.05) is 18.4 Å². The number of ether oxygens (including phenoxy) is 2. The third-order valence-corrected chi connectivity index (χ3v) is 7.19. The molecule has 1 fully saturated rings. The molecule has 4 rings (SSSR count). The lowest BCUT2D eigenvalue weighted by atomic mass is 9.95. The number of hydrogen-bond acceptors (Lipinski definition) is 6. The molecule has 11 heteroatoms. The van der Waals surface area contributed by atoms with Crippen LogP contribution in [-0.4, -0.2) is 62.2 Å². The van der Waals surface area contributed by atoms with Crippen molar-refractivity contribution < 1.29 is 37.0 Å². The molecule has 0 radical (unpaired) electrons. The minimum atomic E-state index is -3.99. The van der Waals surface area contributed by atoms with Crippen LogP contribution < -0.4 is 9.46 Å². The van der Waals surface area contributed by atoms with Gasteiger partial charge in [-0.25, -0.2) is 12.8 Å². The summed E-state index contributed by atoms with van der Waals surface area (Å²) in [5.74, 6) is -1.61. The molecule has 2 N–H and O–H groups in total. The van der Waals surface area contributed by atoms with Crippen molar-refractivity contribution in [1.82, 2.24) is 4.90 Å². The zero-order valence-corrected chi connectivity index (χ0v) is 18.5. The van der Waals surface area contributed by atoms with Crippen LogP contribution in [0.2, 0.25) is 0 Å². The zero-order valence-electron chi connectivity index (χ0n) is 17.7. The topological polar surface area (TPSA) is 122 Å². The summed E-state index contributed by atoms with van der Waals surface area (Å²) in [5.41, 5.74) is 0.338. The molecule has 0 unspecified atom stereocenters. The van der Waals surface area contributed by atoms with Gasteiger partial charge in [0.15, 0.2) is 0 Å². The summed E-state index contributed by atoms with van der Waals surface area (Å²) in [6, 6.07) is 8.42. The molecule has 0 bridgehead atoms. The molecule has 3 atom stereocenters. The largest absolute Gasteiger partial charge is 0.490 e. The normalized spacial score (nSPS) is 22.9. The van der Waals surface area contributed by atoms with Crippen LogP contribution >= 0.6 is 0 Å². The molecule has 33 heavy (non-hydrogen) atoms. The van der Waals surface area contributed by atoms with Crippen molar-refractivity contribution in [3.63, 3.8) is 0 Å². The molecule has 0 aromatic heterocycles. The number of benzene rings is 2. The van der Waals surface area contributed by atoms with Gasteiger partial charge in [0.25, 0.3) is 15.9 Å². The smallest absolute Gasteiger partial charge is 0.305 e. The van der Waals surface area contributed by atoms with Crippen molar-refractivity contribution in [2.24, 2.45) is 0 Å². The minimum absolute atomic E-state index is 0.116. The number of anilines is 1. The van der Waals surface area contributed by atoms with E-state index in [1.807, 2.05) is 0 Å². The molecule has 0 spiro atoms. The van der Waals surface area contributed by atoms with Gasteiger partial charge in [0.2, 0.25) is 0 Å². The van der Waals surface area contributed by atoms with E-state index in [4.69, 9.17) is 14.6 Å². The molecule has 0 saturated carbocycles. The first-order valence-corrected chi connectivity index (χ1v) is 11.8. The van der Waals surface area contributed by atoms with Gasteiger partial charge in [-0.2, -0.15) is 0 Å². The number of carboxylic acids is 1. The lowest BCUT2D eigenvalue weighted by molar-refractivity contribution is -0.148. The highest BCUT2D eigenvalue weighted by atomic mass is 32.2. The first-order chi connectivity index (χ1) is 15.6. The Morgan fingerprint density at radius 2 is 1.94 bits per heavy atom. The monoisotopic (exact) mass is 478 g/mol. The number of hydrogen-bond donors (Lipinski definition) is 2. The molecule has 2 heterocycles. The van der Waals surface area contributed by atoms with E-state index in [1.54, 1.807) is 7.05 Å². The van der Waals surface area contributed by atoms with Gasteiger partial charge in [-0.05, 0) is 55.3 Å². The fourth-order valence-electron chi connectivity index (χ4n) is 4.11. The van der Waals surface area contributed by atoms with Gasteiger partial charge in [0.05, 0.1) is 29.0 Å². The van der Waals surface area contributed by atoms with Crippen molar-refractivity contribution in [2.45, 2.75) is 42.4 Å². The SMILES string of the molecule is CN1C(=O)c2cc(NS(=O)(=O)c3ccc(F)cc3)ccc2OC[C@H]2O[C@H](CC(=O)O)CC[C@@H]21. The van der Waals surface area contributed by atoms with Gasteiger partial charge in [-0.15, -0.1) is 0 Å². The molecule has 1 amide bonds. The number of halogens is 1. The first kappa shape index (κ1) is 23.0. The summed E-state index contributed by atoms with van der Waals surface area (Å²) in [6.45, 7) is 0.117. The lowest BCUT2D eigenvalue weighted by Gasteiger charge is -2.42. The summed E-state index contributed by atoms with van der Waals surface area (Å²) in [4.78, 5) is 25.6. The number of likely N-dealkylation sites (N-methyl/N-ethyl adjacent to an activating group) is 1. The highest BCUT2D eigenvalue weighted by Gasteiger charge is 2.39. The Kier molecular flexibility index (Phi) is 6.26. The van der Waals surface area contributed by atoms with Crippen LogP contribution in [0.25, 0.3) is 0 Å². The van der Waals surface area contributed by atoms with E-state index >= 15 is 0 Å². The maximum absolute atomic E-state index is 13.2. The van der Waals surface area contributed by atoms with Gasteiger partial charge in [-0.1, -0.05) is 0 Å². The average molecular weight is 478 g/mol. The zero-order chi connectivity index (χ0) is 23.8. The van der Waals surface area contributed by atoms with Crippen LogP contribution in [0.5, 0.6) is 5.75 Å². The molecule has 2 aromatic rings. The van der Waals surface area contributed by atoms with Crippen LogP contribution in [0, 0.1) is 5.82 Å². The number of aliphatic carboxylic acids is 1. The molecule has 2 aliphatic rings. The molecule has 9 nitrogen and oxygen atoms in total. The number of nitrogens with zero attached hydrogens (tertiary/aromatic N) is 1. The van der Waals surface area contributed by atoms with Crippen molar-refractivity contribution in [1.29, 1.82) is 0 Å². The Morgan fingerprint density at radius 1 is 1.21 bits per heavy atom.